The predicted octanol–water partition coefficient (Wildman–Crippen LogP) is 3.23. The average molecular weight is 324 g/mol. The summed E-state index contributed by atoms with van der Waals surface area (Å²) in [6.07, 6.45) is 0.924. The Labute approximate surface area is 129 Å². The summed E-state index contributed by atoms with van der Waals surface area (Å²) in [5.41, 5.74) is 6.22. The van der Waals surface area contributed by atoms with E-state index in [1.54, 1.807) is 23.1 Å². The van der Waals surface area contributed by atoms with Crippen LogP contribution < -0.4 is 5.73 Å². The van der Waals surface area contributed by atoms with Crippen LogP contribution in [0, 0.1) is 5.41 Å². The molecular weight excluding hydrogens is 307 g/mol. The third-order valence-corrected chi connectivity index (χ3v) is 4.06. The van der Waals surface area contributed by atoms with Crippen molar-refractivity contribution in [1.82, 2.24) is 4.90 Å². The van der Waals surface area contributed by atoms with Crippen LogP contribution in [0.15, 0.2) is 18.2 Å². The molecule has 1 heterocycles. The van der Waals surface area contributed by atoms with Crippen molar-refractivity contribution in [3.05, 3.63) is 33.8 Å². The van der Waals surface area contributed by atoms with Crippen LogP contribution in [-0.4, -0.2) is 30.4 Å². The zero-order chi connectivity index (χ0) is 13.3. The first-order chi connectivity index (χ1) is 8.45. The van der Waals surface area contributed by atoms with Gasteiger partial charge in [0.05, 0.1) is 10.6 Å². The zero-order valence-electron chi connectivity index (χ0n) is 10.7. The zero-order valence-corrected chi connectivity index (χ0v) is 13.0. The van der Waals surface area contributed by atoms with E-state index in [0.29, 0.717) is 28.7 Å². The minimum atomic E-state index is -0.0697. The van der Waals surface area contributed by atoms with Crippen LogP contribution in [0.2, 0.25) is 10.0 Å². The lowest BCUT2D eigenvalue weighted by Gasteiger charge is -2.22. The van der Waals surface area contributed by atoms with Crippen molar-refractivity contribution in [2.75, 3.05) is 19.6 Å². The Bertz CT molecular complexity index is 481. The molecule has 0 aliphatic carbocycles. The molecule has 1 aromatic rings. The number of carbonyl (C=O) groups is 1. The van der Waals surface area contributed by atoms with Crippen molar-refractivity contribution in [2.24, 2.45) is 11.1 Å². The number of nitrogens with two attached hydrogens (primary N) is 1. The topological polar surface area (TPSA) is 46.3 Å². The first-order valence-corrected chi connectivity index (χ1v) is 6.65. The molecular formula is C13H17Cl3N2O. The summed E-state index contributed by atoms with van der Waals surface area (Å²) in [5.74, 6) is -0.0697. The summed E-state index contributed by atoms with van der Waals surface area (Å²) >= 11 is 11.9. The molecule has 6 heteroatoms. The number of nitrogens with zero attached hydrogens (tertiary/aromatic N) is 1. The van der Waals surface area contributed by atoms with Gasteiger partial charge in [0.25, 0.3) is 5.91 Å². The number of hydrogen-bond acceptors (Lipinski definition) is 2. The van der Waals surface area contributed by atoms with E-state index >= 15 is 0 Å². The van der Waals surface area contributed by atoms with Gasteiger partial charge in [0.1, 0.15) is 0 Å². The molecule has 1 saturated heterocycles. The fourth-order valence-electron chi connectivity index (χ4n) is 2.20. The number of amides is 1. The third kappa shape index (κ3) is 3.54. The minimum absolute atomic E-state index is 0. The van der Waals surface area contributed by atoms with E-state index in [9.17, 15) is 4.79 Å². The van der Waals surface area contributed by atoms with Gasteiger partial charge in [-0.3, -0.25) is 4.79 Å². The maximum Gasteiger partial charge on any atom is 0.255 e. The van der Waals surface area contributed by atoms with Gasteiger partial charge < -0.3 is 10.6 Å². The van der Waals surface area contributed by atoms with Gasteiger partial charge in [0.15, 0.2) is 0 Å². The Balaban J connectivity index is 0.00000180. The average Bonchev–Trinajstić information content (AvgIpc) is 2.75. The largest absolute Gasteiger partial charge is 0.338 e. The van der Waals surface area contributed by atoms with Crippen LogP contribution >= 0.6 is 35.6 Å². The van der Waals surface area contributed by atoms with Crippen LogP contribution in [0.1, 0.15) is 23.7 Å². The van der Waals surface area contributed by atoms with E-state index in [-0.39, 0.29) is 23.7 Å². The Morgan fingerprint density at radius 2 is 2.16 bits per heavy atom. The van der Waals surface area contributed by atoms with E-state index in [1.807, 2.05) is 0 Å². The first-order valence-electron chi connectivity index (χ1n) is 5.90. The highest BCUT2D eigenvalue weighted by Crippen LogP contribution is 2.31. The van der Waals surface area contributed by atoms with E-state index in [2.05, 4.69) is 6.92 Å². The van der Waals surface area contributed by atoms with Gasteiger partial charge in [-0.05, 0) is 36.6 Å². The van der Waals surface area contributed by atoms with Crippen molar-refractivity contribution in [1.29, 1.82) is 0 Å². The van der Waals surface area contributed by atoms with Crippen LogP contribution in [0.3, 0.4) is 0 Å². The van der Waals surface area contributed by atoms with Gasteiger partial charge in [-0.1, -0.05) is 30.1 Å². The lowest BCUT2D eigenvalue weighted by molar-refractivity contribution is 0.0777. The standard InChI is InChI=1S/C13H16Cl2N2O.ClH/c1-13(7-16)4-5-17(8-13)12(18)10-6-9(14)2-3-11(10)15;/h2-3,6H,4-5,7-8,16H2,1H3;1H. The van der Waals surface area contributed by atoms with Gasteiger partial charge in [0, 0.05) is 18.1 Å². The summed E-state index contributed by atoms with van der Waals surface area (Å²) in [7, 11) is 0. The van der Waals surface area contributed by atoms with Gasteiger partial charge in [-0.25, -0.2) is 0 Å². The number of benzene rings is 1. The van der Waals surface area contributed by atoms with Crippen molar-refractivity contribution in [3.63, 3.8) is 0 Å². The molecule has 19 heavy (non-hydrogen) atoms. The molecule has 3 nitrogen and oxygen atoms in total. The maximum atomic E-state index is 12.4. The van der Waals surface area contributed by atoms with E-state index in [1.165, 1.54) is 0 Å². The Morgan fingerprint density at radius 3 is 2.74 bits per heavy atom. The monoisotopic (exact) mass is 322 g/mol. The molecule has 1 atom stereocenters. The van der Waals surface area contributed by atoms with E-state index < -0.39 is 0 Å². The van der Waals surface area contributed by atoms with Crippen molar-refractivity contribution < 1.29 is 4.79 Å². The smallest absolute Gasteiger partial charge is 0.255 e. The van der Waals surface area contributed by atoms with Gasteiger partial charge >= 0.3 is 0 Å². The fourth-order valence-corrected chi connectivity index (χ4v) is 2.57. The fraction of sp³-hybridized carbons (Fsp3) is 0.462. The Kier molecular flexibility index (Phi) is 5.51. The normalized spacial score (nSPS) is 22.2. The Hall–Kier alpha value is -0.480. The quantitative estimate of drug-likeness (QED) is 0.908. The predicted molar refractivity (Wildman–Crippen MR) is 81.4 cm³/mol. The Morgan fingerprint density at radius 1 is 1.47 bits per heavy atom. The van der Waals surface area contributed by atoms with Gasteiger partial charge in [-0.2, -0.15) is 0 Å². The van der Waals surface area contributed by atoms with Crippen LogP contribution in [-0.2, 0) is 0 Å². The summed E-state index contributed by atoms with van der Waals surface area (Å²) < 4.78 is 0. The highest BCUT2D eigenvalue weighted by Gasteiger charge is 2.35. The highest BCUT2D eigenvalue weighted by molar-refractivity contribution is 6.35. The second-order valence-electron chi connectivity index (χ2n) is 5.12. The van der Waals surface area contributed by atoms with Crippen molar-refractivity contribution in [3.8, 4) is 0 Å². The molecule has 1 aliphatic heterocycles. The SMILES string of the molecule is CC1(CN)CCN(C(=O)c2cc(Cl)ccc2Cl)C1.Cl. The molecule has 0 aromatic heterocycles. The maximum absolute atomic E-state index is 12.4. The van der Waals surface area contributed by atoms with E-state index in [0.717, 1.165) is 13.0 Å². The minimum Gasteiger partial charge on any atom is -0.338 e. The summed E-state index contributed by atoms with van der Waals surface area (Å²) in [6, 6.07) is 4.94. The highest BCUT2D eigenvalue weighted by atomic mass is 35.5. The van der Waals surface area contributed by atoms with Crippen molar-refractivity contribution >= 4 is 41.5 Å². The molecule has 1 amide bonds. The molecule has 0 bridgehead atoms. The lowest BCUT2D eigenvalue weighted by Crippen LogP contribution is -2.34. The lowest BCUT2D eigenvalue weighted by atomic mass is 9.90. The van der Waals surface area contributed by atoms with Gasteiger partial charge in [0.2, 0.25) is 0 Å². The number of halogens is 3. The molecule has 2 rings (SSSR count). The number of carbonyl (C=O) groups excluding carboxylic acids is 1. The molecule has 1 fully saturated rings. The summed E-state index contributed by atoms with van der Waals surface area (Å²) in [5, 5.41) is 0.953. The molecule has 1 aliphatic rings. The molecule has 0 spiro atoms. The molecule has 0 saturated carbocycles. The first kappa shape index (κ1) is 16.6. The van der Waals surface area contributed by atoms with Crippen LogP contribution in [0.5, 0.6) is 0 Å². The van der Waals surface area contributed by atoms with Gasteiger partial charge in [-0.15, -0.1) is 12.4 Å². The third-order valence-electron chi connectivity index (χ3n) is 3.50. The number of rotatable bonds is 2. The molecule has 0 radical (unpaired) electrons. The molecule has 1 unspecified atom stereocenters. The summed E-state index contributed by atoms with van der Waals surface area (Å²) in [4.78, 5) is 14.2. The molecule has 106 valence electrons. The van der Waals surface area contributed by atoms with Crippen molar-refractivity contribution in [2.45, 2.75) is 13.3 Å². The summed E-state index contributed by atoms with van der Waals surface area (Å²) in [6.45, 7) is 4.07. The molecule has 2 N–H and O–H groups in total. The second kappa shape index (κ2) is 6.31. The van der Waals surface area contributed by atoms with Crippen LogP contribution in [0.4, 0.5) is 0 Å². The molecule has 1 aromatic carbocycles. The van der Waals surface area contributed by atoms with Crippen LogP contribution in [0.25, 0.3) is 0 Å². The van der Waals surface area contributed by atoms with E-state index in [4.69, 9.17) is 28.9 Å². The second-order valence-corrected chi connectivity index (χ2v) is 5.96. The number of likely N-dealkylation sites (tertiary alicyclic amines) is 1. The number of hydrogen-bond donors (Lipinski definition) is 1.